The Bertz CT molecular complexity index is 859. The molecular formula is C19H20N4OS. The van der Waals surface area contributed by atoms with E-state index in [9.17, 15) is 10.1 Å². The highest BCUT2D eigenvalue weighted by Crippen LogP contribution is 2.28. The minimum absolute atomic E-state index is 0.0808. The van der Waals surface area contributed by atoms with Gasteiger partial charge in [0.25, 0.3) is 0 Å². The number of rotatable bonds is 3. The predicted octanol–water partition coefficient (Wildman–Crippen LogP) is 3.03. The molecule has 0 spiro atoms. The van der Waals surface area contributed by atoms with Gasteiger partial charge in [0, 0.05) is 13.1 Å². The first kappa shape index (κ1) is 17.4. The molecule has 0 radical (unpaired) electrons. The second kappa shape index (κ2) is 7.24. The van der Waals surface area contributed by atoms with Gasteiger partial charge in [0.2, 0.25) is 5.91 Å². The van der Waals surface area contributed by atoms with Crippen LogP contribution in [0.2, 0.25) is 0 Å². The van der Waals surface area contributed by atoms with E-state index in [1.165, 1.54) is 22.9 Å². The second-order valence-electron chi connectivity index (χ2n) is 6.19. The maximum absolute atomic E-state index is 12.9. The zero-order valence-electron chi connectivity index (χ0n) is 14.6. The molecule has 0 saturated carbocycles. The van der Waals surface area contributed by atoms with Crippen molar-refractivity contribution in [1.82, 2.24) is 14.9 Å². The Labute approximate surface area is 152 Å². The van der Waals surface area contributed by atoms with Crippen molar-refractivity contribution in [2.45, 2.75) is 44.0 Å². The van der Waals surface area contributed by atoms with Gasteiger partial charge in [0.1, 0.15) is 22.5 Å². The Kier molecular flexibility index (Phi) is 5.05. The van der Waals surface area contributed by atoms with Crippen LogP contribution in [0.1, 0.15) is 35.1 Å². The Morgan fingerprint density at radius 1 is 1.28 bits per heavy atom. The average molecular weight is 352 g/mol. The summed E-state index contributed by atoms with van der Waals surface area (Å²) in [5.41, 5.74) is 3.65. The molecule has 1 unspecified atom stereocenters. The lowest BCUT2D eigenvalue weighted by Gasteiger charge is -2.30. The van der Waals surface area contributed by atoms with Crippen molar-refractivity contribution < 1.29 is 4.79 Å². The zero-order valence-corrected chi connectivity index (χ0v) is 15.4. The molecule has 1 aliphatic rings. The molecule has 0 fully saturated rings. The predicted molar refractivity (Wildman–Crippen MR) is 97.1 cm³/mol. The van der Waals surface area contributed by atoms with Crippen molar-refractivity contribution in [2.75, 3.05) is 6.54 Å². The molecule has 1 aromatic carbocycles. The summed E-state index contributed by atoms with van der Waals surface area (Å²) in [4.78, 5) is 23.4. The molecule has 128 valence electrons. The van der Waals surface area contributed by atoms with Gasteiger partial charge < -0.3 is 4.90 Å². The van der Waals surface area contributed by atoms with E-state index in [-0.39, 0.29) is 11.2 Å². The minimum Gasteiger partial charge on any atom is -0.337 e. The van der Waals surface area contributed by atoms with Crippen LogP contribution in [0.15, 0.2) is 29.3 Å². The summed E-state index contributed by atoms with van der Waals surface area (Å²) in [6, 6.07) is 10.4. The smallest absolute Gasteiger partial charge is 0.236 e. The standard InChI is InChI=1S/C19H20N4OS/c1-12-17(10-20)18(22-14(3)21-12)25-13(2)19(24)23-9-8-15-6-4-5-7-16(15)11-23/h4-7,13H,8-9,11H2,1-3H3. The highest BCUT2D eigenvalue weighted by Gasteiger charge is 2.26. The third-order valence-corrected chi connectivity index (χ3v) is 5.43. The fourth-order valence-corrected chi connectivity index (χ4v) is 4.13. The van der Waals surface area contributed by atoms with Gasteiger partial charge in [-0.15, -0.1) is 0 Å². The Morgan fingerprint density at radius 3 is 2.72 bits per heavy atom. The number of fused-ring (bicyclic) bond motifs is 1. The van der Waals surface area contributed by atoms with Crippen LogP contribution in [-0.2, 0) is 17.8 Å². The quantitative estimate of drug-likeness (QED) is 0.627. The van der Waals surface area contributed by atoms with Crippen molar-refractivity contribution in [3.05, 3.63) is 52.5 Å². The topological polar surface area (TPSA) is 69.9 Å². The third kappa shape index (κ3) is 3.67. The number of nitriles is 1. The van der Waals surface area contributed by atoms with Crippen LogP contribution in [0.3, 0.4) is 0 Å². The highest BCUT2D eigenvalue weighted by molar-refractivity contribution is 8.00. The van der Waals surface area contributed by atoms with Crippen molar-refractivity contribution >= 4 is 17.7 Å². The van der Waals surface area contributed by atoms with Gasteiger partial charge in [-0.2, -0.15) is 5.26 Å². The van der Waals surface area contributed by atoms with Gasteiger partial charge in [-0.25, -0.2) is 9.97 Å². The zero-order chi connectivity index (χ0) is 18.0. The molecular weight excluding hydrogens is 332 g/mol. The first-order chi connectivity index (χ1) is 12.0. The van der Waals surface area contributed by atoms with Crippen LogP contribution in [0.25, 0.3) is 0 Å². The number of thioether (sulfide) groups is 1. The van der Waals surface area contributed by atoms with E-state index in [0.717, 1.165) is 13.0 Å². The van der Waals surface area contributed by atoms with E-state index in [1.54, 1.807) is 13.8 Å². The average Bonchev–Trinajstić information content (AvgIpc) is 2.60. The molecule has 5 nitrogen and oxygen atoms in total. The van der Waals surface area contributed by atoms with Crippen LogP contribution in [0.4, 0.5) is 0 Å². The fraction of sp³-hybridized carbons (Fsp3) is 0.368. The van der Waals surface area contributed by atoms with E-state index in [1.807, 2.05) is 24.0 Å². The van der Waals surface area contributed by atoms with Crippen molar-refractivity contribution in [3.8, 4) is 6.07 Å². The molecule has 0 bridgehead atoms. The molecule has 1 atom stereocenters. The number of benzene rings is 1. The lowest BCUT2D eigenvalue weighted by molar-refractivity contribution is -0.131. The largest absolute Gasteiger partial charge is 0.337 e. The number of aromatic nitrogens is 2. The SMILES string of the molecule is Cc1nc(C)c(C#N)c(SC(C)C(=O)N2CCc3ccccc3C2)n1. The first-order valence-electron chi connectivity index (χ1n) is 8.27. The maximum atomic E-state index is 12.9. The van der Waals surface area contributed by atoms with Crippen LogP contribution < -0.4 is 0 Å². The van der Waals surface area contributed by atoms with Crippen LogP contribution in [0.5, 0.6) is 0 Å². The van der Waals surface area contributed by atoms with Crippen molar-refractivity contribution in [3.63, 3.8) is 0 Å². The maximum Gasteiger partial charge on any atom is 0.236 e. The third-order valence-electron chi connectivity index (χ3n) is 4.36. The van der Waals surface area contributed by atoms with Gasteiger partial charge in [-0.3, -0.25) is 4.79 Å². The number of carbonyl (C=O) groups is 1. The molecule has 0 aliphatic carbocycles. The summed E-state index contributed by atoms with van der Waals surface area (Å²) in [6.07, 6.45) is 0.883. The van der Waals surface area contributed by atoms with Gasteiger partial charge in [0.05, 0.1) is 10.9 Å². The van der Waals surface area contributed by atoms with Gasteiger partial charge >= 0.3 is 0 Å². The monoisotopic (exact) mass is 352 g/mol. The van der Waals surface area contributed by atoms with Gasteiger partial charge in [-0.05, 0) is 38.3 Å². The lowest BCUT2D eigenvalue weighted by atomic mass is 10.00. The van der Waals surface area contributed by atoms with E-state index in [2.05, 4.69) is 28.2 Å². The first-order valence-corrected chi connectivity index (χ1v) is 9.15. The van der Waals surface area contributed by atoms with Crippen LogP contribution >= 0.6 is 11.8 Å². The Balaban J connectivity index is 1.75. The van der Waals surface area contributed by atoms with E-state index in [0.29, 0.717) is 28.7 Å². The number of hydrogen-bond donors (Lipinski definition) is 0. The molecule has 1 aliphatic heterocycles. The number of aryl methyl sites for hydroxylation is 2. The molecule has 2 aromatic rings. The summed E-state index contributed by atoms with van der Waals surface area (Å²) in [5.74, 6) is 0.697. The minimum atomic E-state index is -0.300. The van der Waals surface area contributed by atoms with Gasteiger partial charge in [0.15, 0.2) is 0 Å². The number of amides is 1. The van der Waals surface area contributed by atoms with Crippen molar-refractivity contribution in [2.24, 2.45) is 0 Å². The van der Waals surface area contributed by atoms with E-state index < -0.39 is 0 Å². The fourth-order valence-electron chi connectivity index (χ4n) is 3.05. The molecule has 0 N–H and O–H groups in total. The van der Waals surface area contributed by atoms with Crippen LogP contribution in [0, 0.1) is 25.2 Å². The number of hydrogen-bond acceptors (Lipinski definition) is 5. The summed E-state index contributed by atoms with van der Waals surface area (Å²) in [6.45, 7) is 6.85. The molecule has 1 amide bonds. The molecule has 25 heavy (non-hydrogen) atoms. The van der Waals surface area contributed by atoms with Gasteiger partial charge in [-0.1, -0.05) is 36.0 Å². The molecule has 2 heterocycles. The molecule has 1 aromatic heterocycles. The summed E-state index contributed by atoms with van der Waals surface area (Å²) >= 11 is 1.34. The molecule has 3 rings (SSSR count). The van der Waals surface area contributed by atoms with E-state index >= 15 is 0 Å². The number of nitrogens with zero attached hydrogens (tertiary/aromatic N) is 4. The summed E-state index contributed by atoms with van der Waals surface area (Å²) in [7, 11) is 0. The summed E-state index contributed by atoms with van der Waals surface area (Å²) < 4.78 is 0. The second-order valence-corrected chi connectivity index (χ2v) is 7.52. The lowest BCUT2D eigenvalue weighted by Crippen LogP contribution is -2.40. The number of carbonyl (C=O) groups excluding carboxylic acids is 1. The van der Waals surface area contributed by atoms with Crippen molar-refractivity contribution in [1.29, 1.82) is 5.26 Å². The highest BCUT2D eigenvalue weighted by atomic mass is 32.2. The summed E-state index contributed by atoms with van der Waals surface area (Å²) in [5, 5.41) is 9.65. The normalized spacial score (nSPS) is 14.6. The Hall–Kier alpha value is -2.39. The van der Waals surface area contributed by atoms with E-state index in [4.69, 9.17) is 0 Å². The molecule has 0 saturated heterocycles. The van der Waals surface area contributed by atoms with Crippen LogP contribution in [-0.4, -0.2) is 32.6 Å². The Morgan fingerprint density at radius 2 is 2.00 bits per heavy atom. The molecule has 6 heteroatoms.